The summed E-state index contributed by atoms with van der Waals surface area (Å²) in [6.07, 6.45) is 0. The van der Waals surface area contributed by atoms with Crippen molar-refractivity contribution in [2.24, 2.45) is 7.05 Å². The summed E-state index contributed by atoms with van der Waals surface area (Å²) in [4.78, 5) is 0.0682. The highest BCUT2D eigenvalue weighted by molar-refractivity contribution is 7.89. The van der Waals surface area contributed by atoms with Gasteiger partial charge < -0.3 is 10.5 Å². The van der Waals surface area contributed by atoms with Crippen LogP contribution in [0.25, 0.3) is 0 Å². The van der Waals surface area contributed by atoms with Gasteiger partial charge in [-0.25, -0.2) is 8.42 Å². The van der Waals surface area contributed by atoms with E-state index < -0.39 is 10.0 Å². The van der Waals surface area contributed by atoms with Crippen molar-refractivity contribution in [3.05, 3.63) is 5.69 Å². The monoisotopic (exact) mass is 262 g/mol. The maximum absolute atomic E-state index is 12.2. The van der Waals surface area contributed by atoms with Crippen molar-refractivity contribution >= 4 is 15.8 Å². The molecule has 1 heterocycles. The highest BCUT2D eigenvalue weighted by atomic mass is 32.2. The summed E-state index contributed by atoms with van der Waals surface area (Å²) >= 11 is 0. The Hall–Kier alpha value is -1.12. The molecule has 0 saturated heterocycles. The highest BCUT2D eigenvalue weighted by Gasteiger charge is 2.28. The molecule has 0 aromatic carbocycles. The molecule has 0 aliphatic carbocycles. The number of sulfonamides is 1. The van der Waals surface area contributed by atoms with Crippen LogP contribution in [0.3, 0.4) is 0 Å². The van der Waals surface area contributed by atoms with Gasteiger partial charge in [0, 0.05) is 27.7 Å². The first-order chi connectivity index (χ1) is 7.82. The van der Waals surface area contributed by atoms with Crippen molar-refractivity contribution in [1.29, 1.82) is 0 Å². The molecule has 0 saturated carbocycles. The summed E-state index contributed by atoms with van der Waals surface area (Å²) < 4.78 is 32.0. The van der Waals surface area contributed by atoms with Crippen LogP contribution in [-0.4, -0.2) is 49.8 Å². The maximum atomic E-state index is 12.2. The first-order valence-corrected chi connectivity index (χ1v) is 6.50. The molecule has 2 N–H and O–H groups in total. The zero-order valence-corrected chi connectivity index (χ0v) is 11.3. The van der Waals surface area contributed by atoms with Crippen LogP contribution in [0.1, 0.15) is 5.69 Å². The Balaban J connectivity index is 3.13. The minimum Gasteiger partial charge on any atom is -0.383 e. The standard InChI is InChI=1S/C9H18N4O3S/c1-7-8(9(10)11-13(7)3)17(14,15)12(2)5-6-16-4/h5-6H2,1-4H3,(H2,10,11). The second-order valence-corrected chi connectivity index (χ2v) is 5.72. The van der Waals surface area contributed by atoms with Crippen LogP contribution in [-0.2, 0) is 21.8 Å². The van der Waals surface area contributed by atoms with Gasteiger partial charge in [0.2, 0.25) is 10.0 Å². The number of likely N-dealkylation sites (N-methyl/N-ethyl adjacent to an activating group) is 1. The Morgan fingerprint density at radius 3 is 2.53 bits per heavy atom. The fourth-order valence-corrected chi connectivity index (χ4v) is 2.87. The van der Waals surface area contributed by atoms with Crippen LogP contribution in [0.15, 0.2) is 4.90 Å². The van der Waals surface area contributed by atoms with Crippen molar-refractivity contribution in [1.82, 2.24) is 14.1 Å². The lowest BCUT2D eigenvalue weighted by Crippen LogP contribution is -2.30. The van der Waals surface area contributed by atoms with Crippen molar-refractivity contribution in [3.63, 3.8) is 0 Å². The van der Waals surface area contributed by atoms with E-state index in [1.54, 1.807) is 14.0 Å². The van der Waals surface area contributed by atoms with E-state index in [0.29, 0.717) is 12.3 Å². The summed E-state index contributed by atoms with van der Waals surface area (Å²) in [5.41, 5.74) is 6.15. The van der Waals surface area contributed by atoms with Crippen molar-refractivity contribution in [3.8, 4) is 0 Å². The lowest BCUT2D eigenvalue weighted by atomic mass is 10.5. The lowest BCUT2D eigenvalue weighted by Gasteiger charge is -2.16. The molecule has 98 valence electrons. The molecule has 1 rings (SSSR count). The summed E-state index contributed by atoms with van der Waals surface area (Å²) in [5, 5.41) is 3.90. The van der Waals surface area contributed by atoms with Gasteiger partial charge in [-0.3, -0.25) is 4.68 Å². The minimum absolute atomic E-state index is 0.0225. The van der Waals surface area contributed by atoms with Crippen molar-refractivity contribution in [2.75, 3.05) is 33.0 Å². The number of rotatable bonds is 5. The number of methoxy groups -OCH3 is 1. The predicted octanol–water partition coefficient (Wildman–Crippen LogP) is -0.422. The summed E-state index contributed by atoms with van der Waals surface area (Å²) in [6.45, 7) is 2.27. The molecule has 0 atom stereocenters. The second kappa shape index (κ2) is 5.03. The number of nitrogens with zero attached hydrogens (tertiary/aromatic N) is 3. The molecule has 7 nitrogen and oxygen atoms in total. The third-order valence-electron chi connectivity index (χ3n) is 2.58. The lowest BCUT2D eigenvalue weighted by molar-refractivity contribution is 0.185. The highest BCUT2D eigenvalue weighted by Crippen LogP contribution is 2.23. The van der Waals surface area contributed by atoms with E-state index in [9.17, 15) is 8.42 Å². The molecular weight excluding hydrogens is 244 g/mol. The minimum atomic E-state index is -3.61. The van der Waals surface area contributed by atoms with Crippen LogP contribution in [0.4, 0.5) is 5.82 Å². The second-order valence-electron chi connectivity index (χ2n) is 3.74. The number of hydrogen-bond donors (Lipinski definition) is 1. The van der Waals surface area contributed by atoms with Gasteiger partial charge in [-0.15, -0.1) is 0 Å². The SMILES string of the molecule is COCCN(C)S(=O)(=O)c1c(N)nn(C)c1C. The Kier molecular flexibility index (Phi) is 4.12. The van der Waals surface area contributed by atoms with Crippen LogP contribution >= 0.6 is 0 Å². The average Bonchev–Trinajstić information content (AvgIpc) is 2.49. The number of nitrogens with two attached hydrogens (primary N) is 1. The van der Waals surface area contributed by atoms with E-state index in [-0.39, 0.29) is 17.3 Å². The third kappa shape index (κ3) is 2.59. The molecule has 1 aromatic rings. The van der Waals surface area contributed by atoms with E-state index in [1.165, 1.54) is 23.1 Å². The molecule has 17 heavy (non-hydrogen) atoms. The van der Waals surface area contributed by atoms with E-state index in [2.05, 4.69) is 5.10 Å². The molecule has 1 aromatic heterocycles. The largest absolute Gasteiger partial charge is 0.383 e. The first kappa shape index (κ1) is 13.9. The van der Waals surface area contributed by atoms with Crippen LogP contribution in [0.5, 0.6) is 0 Å². The Morgan fingerprint density at radius 2 is 2.12 bits per heavy atom. The van der Waals surface area contributed by atoms with Gasteiger partial charge in [0.15, 0.2) is 5.82 Å². The summed E-state index contributed by atoms with van der Waals surface area (Å²) in [5.74, 6) is 0.0225. The Labute approximate surface area is 101 Å². The number of anilines is 1. The quantitative estimate of drug-likeness (QED) is 0.778. The molecule has 0 amide bonds. The van der Waals surface area contributed by atoms with Crippen molar-refractivity contribution in [2.45, 2.75) is 11.8 Å². The molecule has 0 fully saturated rings. The van der Waals surface area contributed by atoms with Gasteiger partial charge >= 0.3 is 0 Å². The molecule has 8 heteroatoms. The normalized spacial score (nSPS) is 12.3. The number of aromatic nitrogens is 2. The van der Waals surface area contributed by atoms with E-state index in [4.69, 9.17) is 10.5 Å². The van der Waals surface area contributed by atoms with E-state index in [1.807, 2.05) is 0 Å². The summed E-state index contributed by atoms with van der Waals surface area (Å²) in [7, 11) is 1.05. The zero-order valence-electron chi connectivity index (χ0n) is 10.5. The Bertz CT molecular complexity index is 495. The van der Waals surface area contributed by atoms with E-state index >= 15 is 0 Å². The molecular formula is C9H18N4O3S. The third-order valence-corrected chi connectivity index (χ3v) is 4.61. The van der Waals surface area contributed by atoms with Gasteiger partial charge in [0.1, 0.15) is 4.90 Å². The molecule has 0 unspecified atom stereocenters. The zero-order chi connectivity index (χ0) is 13.2. The van der Waals surface area contributed by atoms with Crippen LogP contribution < -0.4 is 5.73 Å². The first-order valence-electron chi connectivity index (χ1n) is 5.06. The van der Waals surface area contributed by atoms with Gasteiger partial charge in [0.05, 0.1) is 12.3 Å². The van der Waals surface area contributed by atoms with Gasteiger partial charge in [-0.05, 0) is 6.92 Å². The summed E-state index contributed by atoms with van der Waals surface area (Å²) in [6, 6.07) is 0. The fourth-order valence-electron chi connectivity index (χ4n) is 1.43. The smallest absolute Gasteiger partial charge is 0.248 e. The number of hydrogen-bond acceptors (Lipinski definition) is 5. The van der Waals surface area contributed by atoms with Gasteiger partial charge in [-0.1, -0.05) is 0 Å². The average molecular weight is 262 g/mol. The molecule has 0 spiro atoms. The van der Waals surface area contributed by atoms with Gasteiger partial charge in [-0.2, -0.15) is 9.40 Å². The molecule has 0 bridgehead atoms. The van der Waals surface area contributed by atoms with Crippen LogP contribution in [0.2, 0.25) is 0 Å². The molecule has 0 aliphatic rings. The molecule has 0 radical (unpaired) electrons. The molecule has 0 aliphatic heterocycles. The fraction of sp³-hybridized carbons (Fsp3) is 0.667. The van der Waals surface area contributed by atoms with Crippen LogP contribution in [0, 0.1) is 6.92 Å². The number of nitrogen functional groups attached to an aromatic ring is 1. The number of ether oxygens (including phenoxy) is 1. The maximum Gasteiger partial charge on any atom is 0.248 e. The Morgan fingerprint density at radius 1 is 1.53 bits per heavy atom. The number of aryl methyl sites for hydroxylation is 1. The van der Waals surface area contributed by atoms with Crippen molar-refractivity contribution < 1.29 is 13.2 Å². The topological polar surface area (TPSA) is 90.4 Å². The predicted molar refractivity (Wildman–Crippen MR) is 64.0 cm³/mol. The van der Waals surface area contributed by atoms with E-state index in [0.717, 1.165) is 0 Å². The van der Waals surface area contributed by atoms with Gasteiger partial charge in [0.25, 0.3) is 0 Å².